The van der Waals surface area contributed by atoms with E-state index < -0.39 is 5.97 Å². The highest BCUT2D eigenvalue weighted by Gasteiger charge is 2.26. The lowest BCUT2D eigenvalue weighted by atomic mass is 9.92. The number of ether oxygens (including phenoxy) is 1. The van der Waals surface area contributed by atoms with Crippen LogP contribution >= 0.6 is 0 Å². The molecule has 1 N–H and O–H groups in total. The highest BCUT2D eigenvalue weighted by Crippen LogP contribution is 2.28. The van der Waals surface area contributed by atoms with Crippen LogP contribution in [0.25, 0.3) is 11.4 Å². The van der Waals surface area contributed by atoms with Crippen molar-refractivity contribution in [2.75, 3.05) is 7.11 Å². The molecule has 0 fully saturated rings. The summed E-state index contributed by atoms with van der Waals surface area (Å²) in [6, 6.07) is 16.6. The molecule has 1 atom stereocenters. The average molecular weight is 387 g/mol. The number of methoxy groups -OCH3 is 1. The SMILES string of the molecule is CCCc1ccc(-c2ncc(C(=O)OC)c(C3Cc4ccccc4CN3)n2)cc1. The second kappa shape index (κ2) is 8.53. The summed E-state index contributed by atoms with van der Waals surface area (Å²) >= 11 is 0. The average Bonchev–Trinajstić information content (AvgIpc) is 2.78. The molecule has 0 saturated heterocycles. The molecule has 0 spiro atoms. The van der Waals surface area contributed by atoms with E-state index in [2.05, 4.69) is 41.5 Å². The predicted molar refractivity (Wildman–Crippen MR) is 113 cm³/mol. The van der Waals surface area contributed by atoms with Crippen LogP contribution in [-0.4, -0.2) is 23.0 Å². The van der Waals surface area contributed by atoms with E-state index in [-0.39, 0.29) is 6.04 Å². The quantitative estimate of drug-likeness (QED) is 0.663. The molecule has 0 saturated carbocycles. The van der Waals surface area contributed by atoms with Gasteiger partial charge in [0.25, 0.3) is 0 Å². The molecule has 3 aromatic rings. The lowest BCUT2D eigenvalue weighted by Crippen LogP contribution is -2.31. The van der Waals surface area contributed by atoms with Crippen LogP contribution in [0, 0.1) is 0 Å². The fourth-order valence-electron chi connectivity index (χ4n) is 3.82. The van der Waals surface area contributed by atoms with Crippen molar-refractivity contribution in [2.24, 2.45) is 0 Å². The Morgan fingerprint density at radius 3 is 2.62 bits per heavy atom. The zero-order chi connectivity index (χ0) is 20.2. The number of hydrogen-bond acceptors (Lipinski definition) is 5. The van der Waals surface area contributed by atoms with Gasteiger partial charge in [-0.05, 0) is 29.5 Å². The predicted octanol–water partition coefficient (Wildman–Crippen LogP) is 4.27. The molecule has 0 aliphatic carbocycles. The van der Waals surface area contributed by atoms with Gasteiger partial charge < -0.3 is 10.1 Å². The normalized spacial score (nSPS) is 15.6. The summed E-state index contributed by atoms with van der Waals surface area (Å²) in [4.78, 5) is 21.6. The molecule has 4 rings (SSSR count). The molecule has 2 aromatic carbocycles. The fraction of sp³-hybridized carbons (Fsp3) is 0.292. The molecule has 0 radical (unpaired) electrons. The van der Waals surface area contributed by atoms with Crippen molar-refractivity contribution in [1.29, 1.82) is 0 Å². The van der Waals surface area contributed by atoms with E-state index in [9.17, 15) is 4.79 Å². The second-order valence-corrected chi connectivity index (χ2v) is 7.34. The third kappa shape index (κ3) is 4.05. The van der Waals surface area contributed by atoms with Crippen LogP contribution in [0.4, 0.5) is 0 Å². The Kier molecular flexibility index (Phi) is 5.67. The number of carbonyl (C=O) groups is 1. The van der Waals surface area contributed by atoms with Gasteiger partial charge in [-0.2, -0.15) is 0 Å². The first-order valence-electron chi connectivity index (χ1n) is 10.0. The molecular weight excluding hydrogens is 362 g/mol. The van der Waals surface area contributed by atoms with Crippen LogP contribution < -0.4 is 5.32 Å². The van der Waals surface area contributed by atoms with Crippen molar-refractivity contribution in [2.45, 2.75) is 38.8 Å². The van der Waals surface area contributed by atoms with E-state index in [1.54, 1.807) is 6.20 Å². The molecule has 0 amide bonds. The summed E-state index contributed by atoms with van der Waals surface area (Å²) in [5, 5.41) is 3.52. The molecule has 1 aliphatic heterocycles. The summed E-state index contributed by atoms with van der Waals surface area (Å²) in [5.74, 6) is 0.210. The minimum absolute atomic E-state index is 0.0693. The molecule has 29 heavy (non-hydrogen) atoms. The Balaban J connectivity index is 1.71. The topological polar surface area (TPSA) is 64.1 Å². The molecule has 2 heterocycles. The summed E-state index contributed by atoms with van der Waals surface area (Å²) in [5.41, 5.74) is 5.90. The number of nitrogens with one attached hydrogen (secondary N) is 1. The monoisotopic (exact) mass is 387 g/mol. The summed E-state index contributed by atoms with van der Waals surface area (Å²) in [7, 11) is 1.38. The van der Waals surface area contributed by atoms with E-state index in [1.807, 2.05) is 24.3 Å². The lowest BCUT2D eigenvalue weighted by molar-refractivity contribution is 0.0597. The number of aryl methyl sites for hydroxylation is 1. The smallest absolute Gasteiger partial charge is 0.341 e. The van der Waals surface area contributed by atoms with Gasteiger partial charge in [0.15, 0.2) is 5.82 Å². The van der Waals surface area contributed by atoms with E-state index >= 15 is 0 Å². The zero-order valence-electron chi connectivity index (χ0n) is 16.8. The van der Waals surface area contributed by atoms with Gasteiger partial charge in [0.1, 0.15) is 5.56 Å². The number of benzene rings is 2. The molecule has 1 unspecified atom stereocenters. The Bertz CT molecular complexity index is 1010. The van der Waals surface area contributed by atoms with E-state index in [0.717, 1.165) is 31.4 Å². The number of nitrogens with zero attached hydrogens (tertiary/aromatic N) is 2. The van der Waals surface area contributed by atoms with Crippen LogP contribution in [0.1, 0.15) is 52.1 Å². The van der Waals surface area contributed by atoms with Crippen LogP contribution in [0.2, 0.25) is 0 Å². The number of carbonyl (C=O) groups excluding carboxylic acids is 1. The standard InChI is InChI=1S/C24H25N3O2/c1-3-6-16-9-11-17(12-10-16)23-26-15-20(24(28)29-2)22(27-23)21-13-18-7-4-5-8-19(18)14-25-21/h4-5,7-12,15,21,25H,3,6,13-14H2,1-2H3. The van der Waals surface area contributed by atoms with Gasteiger partial charge in [-0.3, -0.25) is 0 Å². The van der Waals surface area contributed by atoms with Crippen molar-refractivity contribution in [3.8, 4) is 11.4 Å². The maximum Gasteiger partial charge on any atom is 0.341 e. The number of aromatic nitrogens is 2. The lowest BCUT2D eigenvalue weighted by Gasteiger charge is -2.27. The van der Waals surface area contributed by atoms with Gasteiger partial charge in [-0.25, -0.2) is 14.8 Å². The van der Waals surface area contributed by atoms with Gasteiger partial charge in [0.2, 0.25) is 0 Å². The van der Waals surface area contributed by atoms with E-state index in [4.69, 9.17) is 9.72 Å². The Morgan fingerprint density at radius 1 is 1.14 bits per heavy atom. The first-order chi connectivity index (χ1) is 14.2. The van der Waals surface area contributed by atoms with Gasteiger partial charge in [0.05, 0.1) is 18.8 Å². The van der Waals surface area contributed by atoms with Crippen molar-refractivity contribution in [1.82, 2.24) is 15.3 Å². The Morgan fingerprint density at radius 2 is 1.90 bits per heavy atom. The molecular formula is C24H25N3O2. The number of hydrogen-bond donors (Lipinski definition) is 1. The van der Waals surface area contributed by atoms with Crippen molar-refractivity contribution >= 4 is 5.97 Å². The largest absolute Gasteiger partial charge is 0.465 e. The zero-order valence-corrected chi connectivity index (χ0v) is 16.8. The molecule has 1 aliphatic rings. The van der Waals surface area contributed by atoms with Crippen LogP contribution in [0.15, 0.2) is 54.7 Å². The van der Waals surface area contributed by atoms with Crippen molar-refractivity contribution in [3.63, 3.8) is 0 Å². The molecule has 148 valence electrons. The first kappa shape index (κ1) is 19.3. The maximum absolute atomic E-state index is 12.4. The first-order valence-corrected chi connectivity index (χ1v) is 10.0. The third-order valence-electron chi connectivity index (χ3n) is 5.39. The van der Waals surface area contributed by atoms with Gasteiger partial charge >= 0.3 is 5.97 Å². The number of rotatable bonds is 5. The summed E-state index contributed by atoms with van der Waals surface area (Å²) < 4.78 is 4.98. The summed E-state index contributed by atoms with van der Waals surface area (Å²) in [6.07, 6.45) is 4.53. The van der Waals surface area contributed by atoms with Gasteiger partial charge in [-0.15, -0.1) is 0 Å². The van der Waals surface area contributed by atoms with Crippen molar-refractivity contribution < 1.29 is 9.53 Å². The fourth-order valence-corrected chi connectivity index (χ4v) is 3.82. The van der Waals surface area contributed by atoms with Gasteiger partial charge in [0, 0.05) is 18.3 Å². The van der Waals surface area contributed by atoms with Crippen LogP contribution in [-0.2, 0) is 24.1 Å². The third-order valence-corrected chi connectivity index (χ3v) is 5.39. The maximum atomic E-state index is 12.4. The van der Waals surface area contributed by atoms with Crippen LogP contribution in [0.3, 0.4) is 0 Å². The van der Waals surface area contributed by atoms with Gasteiger partial charge in [-0.1, -0.05) is 61.9 Å². The summed E-state index contributed by atoms with van der Waals surface area (Å²) in [6.45, 7) is 2.91. The minimum atomic E-state index is -0.412. The minimum Gasteiger partial charge on any atom is -0.465 e. The molecule has 1 aromatic heterocycles. The second-order valence-electron chi connectivity index (χ2n) is 7.34. The molecule has 0 bridgehead atoms. The van der Waals surface area contributed by atoms with E-state index in [0.29, 0.717) is 17.1 Å². The van der Waals surface area contributed by atoms with Crippen LogP contribution in [0.5, 0.6) is 0 Å². The molecule has 5 nitrogen and oxygen atoms in total. The Hall–Kier alpha value is -3.05. The number of fused-ring (bicyclic) bond motifs is 1. The van der Waals surface area contributed by atoms with E-state index in [1.165, 1.54) is 23.8 Å². The number of esters is 1. The highest BCUT2D eigenvalue weighted by molar-refractivity contribution is 5.90. The molecule has 5 heteroatoms. The Labute approximate surface area is 171 Å². The van der Waals surface area contributed by atoms with Crippen molar-refractivity contribution in [3.05, 3.63) is 82.7 Å². The highest BCUT2D eigenvalue weighted by atomic mass is 16.5.